The Morgan fingerprint density at radius 3 is 2.52 bits per heavy atom. The van der Waals surface area contributed by atoms with E-state index in [1.54, 1.807) is 6.33 Å². The second-order valence-corrected chi connectivity index (χ2v) is 6.65. The zero-order chi connectivity index (χ0) is 14.7. The predicted molar refractivity (Wildman–Crippen MR) is 87.6 cm³/mol. The van der Waals surface area contributed by atoms with Gasteiger partial charge in [0.05, 0.1) is 0 Å². The van der Waals surface area contributed by atoms with Crippen molar-refractivity contribution in [3.63, 3.8) is 0 Å². The van der Waals surface area contributed by atoms with E-state index in [1.807, 2.05) is 0 Å². The van der Waals surface area contributed by atoms with Crippen molar-refractivity contribution in [2.75, 3.05) is 23.7 Å². The second kappa shape index (κ2) is 6.63. The van der Waals surface area contributed by atoms with Crippen molar-refractivity contribution in [2.24, 2.45) is 17.8 Å². The molecule has 2 aliphatic rings. The van der Waals surface area contributed by atoms with Crippen molar-refractivity contribution in [3.05, 3.63) is 11.9 Å². The van der Waals surface area contributed by atoms with Crippen LogP contribution in [0.2, 0.25) is 0 Å². The molecular formula is C17H28N4. The van der Waals surface area contributed by atoms with Crippen LogP contribution >= 0.6 is 0 Å². The topological polar surface area (TPSA) is 49.8 Å². The van der Waals surface area contributed by atoms with Gasteiger partial charge in [-0.15, -0.1) is 0 Å². The fourth-order valence-corrected chi connectivity index (χ4v) is 4.23. The Balaban J connectivity index is 1.67. The molecule has 0 aromatic carbocycles. The van der Waals surface area contributed by atoms with Crippen LogP contribution in [0, 0.1) is 17.8 Å². The molecule has 2 aliphatic carbocycles. The standard InChI is InChI=1S/C17H28N4/c1-3-5-15-16(18-4-2)20-11-21-17(15)19-10-14-9-12-6-7-13(14)8-12/h11-14H,3-10H2,1-2H3,(H2,18,19,20,21). The summed E-state index contributed by atoms with van der Waals surface area (Å²) in [6.07, 6.45) is 9.65. The minimum Gasteiger partial charge on any atom is -0.370 e. The molecule has 2 N–H and O–H groups in total. The number of aromatic nitrogens is 2. The molecule has 2 bridgehead atoms. The lowest BCUT2D eigenvalue weighted by atomic mass is 9.89. The number of nitrogens with one attached hydrogen (secondary N) is 2. The number of hydrogen-bond acceptors (Lipinski definition) is 4. The SMILES string of the molecule is CCCc1c(NCC)ncnc1NCC1CC2CCC1C2. The van der Waals surface area contributed by atoms with Crippen molar-refractivity contribution in [1.29, 1.82) is 0 Å². The Morgan fingerprint density at radius 2 is 1.90 bits per heavy atom. The largest absolute Gasteiger partial charge is 0.370 e. The van der Waals surface area contributed by atoms with Crippen LogP contribution in [0.5, 0.6) is 0 Å². The monoisotopic (exact) mass is 288 g/mol. The normalized spacial score (nSPS) is 27.0. The van der Waals surface area contributed by atoms with Crippen molar-refractivity contribution in [1.82, 2.24) is 9.97 Å². The van der Waals surface area contributed by atoms with Crippen molar-refractivity contribution < 1.29 is 0 Å². The van der Waals surface area contributed by atoms with Gasteiger partial charge in [-0.3, -0.25) is 0 Å². The van der Waals surface area contributed by atoms with Gasteiger partial charge < -0.3 is 10.6 Å². The summed E-state index contributed by atoms with van der Waals surface area (Å²) in [7, 11) is 0. The van der Waals surface area contributed by atoms with Crippen LogP contribution in [-0.4, -0.2) is 23.1 Å². The Morgan fingerprint density at radius 1 is 1.10 bits per heavy atom. The molecule has 0 aliphatic heterocycles. The summed E-state index contributed by atoms with van der Waals surface area (Å²) in [5.41, 5.74) is 1.25. The van der Waals surface area contributed by atoms with Gasteiger partial charge in [-0.25, -0.2) is 9.97 Å². The van der Waals surface area contributed by atoms with E-state index >= 15 is 0 Å². The number of fused-ring (bicyclic) bond motifs is 2. The minimum absolute atomic E-state index is 0.857. The van der Waals surface area contributed by atoms with Gasteiger partial charge in [0, 0.05) is 18.7 Å². The molecule has 1 heterocycles. The second-order valence-electron chi connectivity index (χ2n) is 6.65. The zero-order valence-electron chi connectivity index (χ0n) is 13.4. The molecule has 3 unspecified atom stereocenters. The van der Waals surface area contributed by atoms with Gasteiger partial charge in [-0.1, -0.05) is 19.8 Å². The Hall–Kier alpha value is -1.32. The lowest BCUT2D eigenvalue weighted by Crippen LogP contribution is -2.21. The van der Waals surface area contributed by atoms with Crippen LogP contribution < -0.4 is 10.6 Å². The first-order valence-corrected chi connectivity index (χ1v) is 8.63. The fraction of sp³-hybridized carbons (Fsp3) is 0.765. The molecular weight excluding hydrogens is 260 g/mol. The number of rotatable bonds is 7. The summed E-state index contributed by atoms with van der Waals surface area (Å²) in [6, 6.07) is 0. The Labute approximate surface area is 128 Å². The summed E-state index contributed by atoms with van der Waals surface area (Å²) in [6.45, 7) is 6.31. The molecule has 4 nitrogen and oxygen atoms in total. The third-order valence-corrected chi connectivity index (χ3v) is 5.21. The summed E-state index contributed by atoms with van der Waals surface area (Å²) in [5, 5.41) is 7.00. The van der Waals surface area contributed by atoms with Gasteiger partial charge in [-0.2, -0.15) is 0 Å². The maximum absolute atomic E-state index is 4.50. The van der Waals surface area contributed by atoms with E-state index < -0.39 is 0 Å². The van der Waals surface area contributed by atoms with E-state index in [0.717, 1.165) is 55.3 Å². The summed E-state index contributed by atoms with van der Waals surface area (Å²) in [5.74, 6) is 4.89. The fourth-order valence-electron chi connectivity index (χ4n) is 4.23. The molecule has 1 aromatic heterocycles. The highest BCUT2D eigenvalue weighted by molar-refractivity contribution is 5.57. The van der Waals surface area contributed by atoms with Gasteiger partial charge in [0.2, 0.25) is 0 Å². The predicted octanol–water partition coefficient (Wildman–Crippen LogP) is 3.71. The third kappa shape index (κ3) is 3.14. The van der Waals surface area contributed by atoms with Gasteiger partial charge in [0.15, 0.2) is 0 Å². The molecule has 3 atom stereocenters. The van der Waals surface area contributed by atoms with Crippen LogP contribution in [0.15, 0.2) is 6.33 Å². The van der Waals surface area contributed by atoms with E-state index in [-0.39, 0.29) is 0 Å². The first-order valence-electron chi connectivity index (χ1n) is 8.63. The van der Waals surface area contributed by atoms with E-state index in [4.69, 9.17) is 0 Å². The maximum Gasteiger partial charge on any atom is 0.134 e. The average Bonchev–Trinajstić information content (AvgIpc) is 3.10. The molecule has 3 rings (SSSR count). The van der Waals surface area contributed by atoms with Gasteiger partial charge in [0.25, 0.3) is 0 Å². The molecule has 0 amide bonds. The molecule has 2 saturated carbocycles. The molecule has 0 radical (unpaired) electrons. The summed E-state index contributed by atoms with van der Waals surface area (Å²) < 4.78 is 0. The third-order valence-electron chi connectivity index (χ3n) is 5.21. The minimum atomic E-state index is 0.857. The Kier molecular flexibility index (Phi) is 4.61. The van der Waals surface area contributed by atoms with Crippen molar-refractivity contribution >= 4 is 11.6 Å². The first-order chi connectivity index (χ1) is 10.3. The van der Waals surface area contributed by atoms with Crippen LogP contribution in [0.1, 0.15) is 51.5 Å². The highest BCUT2D eigenvalue weighted by Gasteiger charge is 2.39. The number of nitrogens with zero attached hydrogens (tertiary/aromatic N) is 2. The van der Waals surface area contributed by atoms with Crippen LogP contribution in [0.25, 0.3) is 0 Å². The molecule has 2 fully saturated rings. The molecule has 0 spiro atoms. The molecule has 21 heavy (non-hydrogen) atoms. The lowest BCUT2D eigenvalue weighted by molar-refractivity contribution is 0.348. The van der Waals surface area contributed by atoms with Gasteiger partial charge in [-0.05, 0) is 50.4 Å². The first kappa shape index (κ1) is 14.6. The van der Waals surface area contributed by atoms with Gasteiger partial charge >= 0.3 is 0 Å². The molecule has 116 valence electrons. The summed E-state index contributed by atoms with van der Waals surface area (Å²) in [4.78, 5) is 8.90. The van der Waals surface area contributed by atoms with Crippen molar-refractivity contribution in [2.45, 2.75) is 52.4 Å². The van der Waals surface area contributed by atoms with Crippen LogP contribution in [0.4, 0.5) is 11.6 Å². The molecule has 4 heteroatoms. The van der Waals surface area contributed by atoms with E-state index in [2.05, 4.69) is 34.4 Å². The van der Waals surface area contributed by atoms with Gasteiger partial charge in [0.1, 0.15) is 18.0 Å². The van der Waals surface area contributed by atoms with E-state index in [0.29, 0.717) is 0 Å². The lowest BCUT2D eigenvalue weighted by Gasteiger charge is -2.23. The van der Waals surface area contributed by atoms with Crippen LogP contribution in [-0.2, 0) is 6.42 Å². The zero-order valence-corrected chi connectivity index (χ0v) is 13.4. The smallest absolute Gasteiger partial charge is 0.134 e. The quantitative estimate of drug-likeness (QED) is 0.803. The van der Waals surface area contributed by atoms with Crippen LogP contribution in [0.3, 0.4) is 0 Å². The molecule has 1 aromatic rings. The maximum atomic E-state index is 4.50. The number of hydrogen-bond donors (Lipinski definition) is 2. The average molecular weight is 288 g/mol. The molecule has 0 saturated heterocycles. The van der Waals surface area contributed by atoms with E-state index in [9.17, 15) is 0 Å². The summed E-state index contributed by atoms with van der Waals surface area (Å²) >= 11 is 0. The number of anilines is 2. The van der Waals surface area contributed by atoms with E-state index in [1.165, 1.54) is 31.2 Å². The highest BCUT2D eigenvalue weighted by Crippen LogP contribution is 2.48. The Bertz CT molecular complexity index is 474. The van der Waals surface area contributed by atoms with Crippen molar-refractivity contribution in [3.8, 4) is 0 Å². The highest BCUT2D eigenvalue weighted by atomic mass is 15.1.